The number of carbonyl (C=O) groups is 2. The molecule has 1 aromatic rings. The first-order chi connectivity index (χ1) is 8.00. The molecule has 1 aromatic carbocycles. The van der Waals surface area contributed by atoms with Gasteiger partial charge in [-0.2, -0.15) is 0 Å². The molecule has 0 aromatic heterocycles. The molecule has 0 amide bonds. The molecule has 0 atom stereocenters. The fraction of sp³-hybridized carbons (Fsp3) is 0.231. The molecule has 0 bridgehead atoms. The maximum absolute atomic E-state index is 10.9. The summed E-state index contributed by atoms with van der Waals surface area (Å²) in [6.07, 6.45) is 3.67. The zero-order chi connectivity index (χ0) is 12.8. The van der Waals surface area contributed by atoms with Crippen LogP contribution >= 0.6 is 11.8 Å². The van der Waals surface area contributed by atoms with Gasteiger partial charge in [0, 0.05) is 12.7 Å². The van der Waals surface area contributed by atoms with Crippen LogP contribution in [-0.2, 0) is 4.79 Å². The van der Waals surface area contributed by atoms with E-state index in [9.17, 15) is 9.59 Å². The van der Waals surface area contributed by atoms with Crippen molar-refractivity contribution in [1.29, 1.82) is 0 Å². The van der Waals surface area contributed by atoms with Gasteiger partial charge in [0.2, 0.25) is 0 Å². The smallest absolute Gasteiger partial charge is 0.335 e. The Balaban J connectivity index is 2.75. The highest BCUT2D eigenvalue weighted by molar-refractivity contribution is 8.13. The van der Waals surface area contributed by atoms with E-state index in [1.165, 1.54) is 18.7 Å². The third-order valence-electron chi connectivity index (χ3n) is 2.19. The van der Waals surface area contributed by atoms with E-state index in [1.807, 2.05) is 18.2 Å². The summed E-state index contributed by atoms with van der Waals surface area (Å²) in [4.78, 5) is 21.6. The first-order valence-corrected chi connectivity index (χ1v) is 6.13. The number of carbonyl (C=O) groups excluding carboxylic acids is 1. The van der Waals surface area contributed by atoms with Gasteiger partial charge < -0.3 is 5.11 Å². The number of benzene rings is 1. The van der Waals surface area contributed by atoms with Crippen LogP contribution in [0.3, 0.4) is 0 Å². The Hall–Kier alpha value is -1.55. The fourth-order valence-corrected chi connectivity index (χ4v) is 1.75. The van der Waals surface area contributed by atoms with Crippen LogP contribution in [0.4, 0.5) is 0 Å². The van der Waals surface area contributed by atoms with E-state index in [2.05, 4.69) is 0 Å². The van der Waals surface area contributed by atoms with Gasteiger partial charge in [0.1, 0.15) is 0 Å². The van der Waals surface area contributed by atoms with E-state index in [-0.39, 0.29) is 5.12 Å². The molecule has 0 aliphatic rings. The summed E-state index contributed by atoms with van der Waals surface area (Å²) in [6.45, 7) is 3.29. The van der Waals surface area contributed by atoms with E-state index >= 15 is 0 Å². The number of aromatic carboxylic acids is 1. The van der Waals surface area contributed by atoms with Crippen LogP contribution in [0.2, 0.25) is 0 Å². The van der Waals surface area contributed by atoms with Gasteiger partial charge in [0.05, 0.1) is 5.56 Å². The monoisotopic (exact) mass is 250 g/mol. The van der Waals surface area contributed by atoms with Gasteiger partial charge >= 0.3 is 5.97 Å². The van der Waals surface area contributed by atoms with Gasteiger partial charge in [0.25, 0.3) is 0 Å². The van der Waals surface area contributed by atoms with Crippen LogP contribution in [0, 0.1) is 6.92 Å². The zero-order valence-corrected chi connectivity index (χ0v) is 10.6. The molecule has 17 heavy (non-hydrogen) atoms. The summed E-state index contributed by atoms with van der Waals surface area (Å²) in [7, 11) is 0. The Labute approximate surface area is 105 Å². The molecule has 0 saturated heterocycles. The van der Waals surface area contributed by atoms with E-state index < -0.39 is 5.97 Å². The first-order valence-electron chi connectivity index (χ1n) is 5.14. The first kappa shape index (κ1) is 13.5. The second-order valence-corrected chi connectivity index (χ2v) is 4.78. The quantitative estimate of drug-likeness (QED) is 0.892. The van der Waals surface area contributed by atoms with Gasteiger partial charge in [-0.25, -0.2) is 4.79 Å². The maximum atomic E-state index is 10.9. The summed E-state index contributed by atoms with van der Waals surface area (Å²) in [5, 5.41) is 9.04. The number of rotatable bonds is 4. The molecule has 3 nitrogen and oxygen atoms in total. The van der Waals surface area contributed by atoms with Gasteiger partial charge in [0.15, 0.2) is 5.12 Å². The van der Waals surface area contributed by atoms with Crippen molar-refractivity contribution < 1.29 is 14.7 Å². The Bertz CT molecular complexity index is 464. The normalized spacial score (nSPS) is 10.7. The van der Waals surface area contributed by atoms with Crippen molar-refractivity contribution >= 4 is 28.9 Å². The summed E-state index contributed by atoms with van der Waals surface area (Å²) >= 11 is 1.22. The molecule has 0 spiro atoms. The Morgan fingerprint density at radius 2 is 2.12 bits per heavy atom. The number of carboxylic acid groups (broad SMARTS) is 1. The van der Waals surface area contributed by atoms with Crippen LogP contribution in [-0.4, -0.2) is 21.9 Å². The minimum atomic E-state index is -0.920. The Morgan fingerprint density at radius 1 is 1.41 bits per heavy atom. The molecule has 90 valence electrons. The molecular weight excluding hydrogens is 236 g/mol. The minimum Gasteiger partial charge on any atom is -0.478 e. The fourth-order valence-electron chi connectivity index (χ4n) is 1.32. The summed E-state index contributed by atoms with van der Waals surface area (Å²) in [5.41, 5.74) is 1.89. The van der Waals surface area contributed by atoms with Crippen molar-refractivity contribution in [1.82, 2.24) is 0 Å². The average Bonchev–Trinajstić information content (AvgIpc) is 2.25. The number of hydrogen-bond acceptors (Lipinski definition) is 3. The lowest BCUT2D eigenvalue weighted by molar-refractivity contribution is -0.109. The van der Waals surface area contributed by atoms with E-state index in [0.717, 1.165) is 11.1 Å². The van der Waals surface area contributed by atoms with Crippen LogP contribution < -0.4 is 0 Å². The molecule has 0 unspecified atom stereocenters. The lowest BCUT2D eigenvalue weighted by atomic mass is 10.1. The lowest BCUT2D eigenvalue weighted by Crippen LogP contribution is -1.99. The van der Waals surface area contributed by atoms with E-state index in [1.54, 1.807) is 19.1 Å². The molecule has 0 radical (unpaired) electrons. The third-order valence-corrected chi connectivity index (χ3v) is 2.95. The second-order valence-electron chi connectivity index (χ2n) is 3.58. The zero-order valence-electron chi connectivity index (χ0n) is 9.77. The average molecular weight is 250 g/mol. The van der Waals surface area contributed by atoms with Gasteiger partial charge in [-0.1, -0.05) is 36.0 Å². The molecular formula is C13H14O3S. The summed E-state index contributed by atoms with van der Waals surface area (Å²) in [5.74, 6) is -0.318. The second kappa shape index (κ2) is 6.25. The topological polar surface area (TPSA) is 54.4 Å². The molecule has 4 heteroatoms. The number of carboxylic acids is 1. The van der Waals surface area contributed by atoms with Crippen molar-refractivity contribution in [3.63, 3.8) is 0 Å². The summed E-state index contributed by atoms with van der Waals surface area (Å²) < 4.78 is 0. The van der Waals surface area contributed by atoms with E-state index in [0.29, 0.717) is 11.3 Å². The standard InChI is InChI=1S/C13H14O3S/c1-9-5-6-11(8-12(9)13(15)16)4-3-7-17-10(2)14/h3-6,8H,7H2,1-2H3,(H,15,16). The molecule has 1 rings (SSSR count). The molecule has 0 aliphatic carbocycles. The van der Waals surface area contributed by atoms with Crippen LogP contribution in [0.1, 0.15) is 28.4 Å². The van der Waals surface area contributed by atoms with Crippen molar-refractivity contribution in [2.24, 2.45) is 0 Å². The van der Waals surface area contributed by atoms with Gasteiger partial charge in [-0.05, 0) is 24.1 Å². The van der Waals surface area contributed by atoms with Crippen LogP contribution in [0.25, 0.3) is 6.08 Å². The summed E-state index contributed by atoms with van der Waals surface area (Å²) in [6, 6.07) is 5.27. The number of thioether (sulfide) groups is 1. The van der Waals surface area contributed by atoms with Crippen LogP contribution in [0.5, 0.6) is 0 Å². The van der Waals surface area contributed by atoms with Crippen molar-refractivity contribution in [2.75, 3.05) is 5.75 Å². The molecule has 0 fully saturated rings. The van der Waals surface area contributed by atoms with Crippen molar-refractivity contribution in [3.8, 4) is 0 Å². The van der Waals surface area contributed by atoms with Gasteiger partial charge in [-0.3, -0.25) is 4.79 Å². The molecule has 0 saturated carbocycles. The van der Waals surface area contributed by atoms with Crippen LogP contribution in [0.15, 0.2) is 24.3 Å². The highest BCUT2D eigenvalue weighted by Gasteiger charge is 2.06. The third kappa shape index (κ3) is 4.44. The predicted octanol–water partition coefficient (Wildman–Crippen LogP) is 2.99. The number of hydrogen-bond donors (Lipinski definition) is 1. The SMILES string of the molecule is CC(=O)SCC=Cc1ccc(C)c(C(=O)O)c1. The highest BCUT2D eigenvalue weighted by Crippen LogP contribution is 2.13. The molecule has 1 N–H and O–H groups in total. The number of aryl methyl sites for hydroxylation is 1. The minimum absolute atomic E-state index is 0.0739. The van der Waals surface area contributed by atoms with Gasteiger partial charge in [-0.15, -0.1) is 0 Å². The van der Waals surface area contributed by atoms with Crippen molar-refractivity contribution in [3.05, 3.63) is 41.0 Å². The van der Waals surface area contributed by atoms with E-state index in [4.69, 9.17) is 5.11 Å². The maximum Gasteiger partial charge on any atom is 0.335 e. The Morgan fingerprint density at radius 3 is 2.71 bits per heavy atom. The molecule has 0 aliphatic heterocycles. The largest absolute Gasteiger partial charge is 0.478 e. The Kier molecular flexibility index (Phi) is 4.97. The highest BCUT2D eigenvalue weighted by atomic mass is 32.2. The molecule has 0 heterocycles. The predicted molar refractivity (Wildman–Crippen MR) is 70.3 cm³/mol. The lowest BCUT2D eigenvalue weighted by Gasteiger charge is -2.01. The van der Waals surface area contributed by atoms with Crippen molar-refractivity contribution in [2.45, 2.75) is 13.8 Å².